The van der Waals surface area contributed by atoms with Gasteiger partial charge in [-0.2, -0.15) is 0 Å². The first-order valence-electron chi connectivity index (χ1n) is 31.4. The Balaban J connectivity index is 1.21. The lowest BCUT2D eigenvalue weighted by Gasteiger charge is -2.51. The summed E-state index contributed by atoms with van der Waals surface area (Å²) in [5.74, 6) is -2.30. The van der Waals surface area contributed by atoms with Gasteiger partial charge in [0.1, 0.15) is 67.6 Å². The summed E-state index contributed by atoms with van der Waals surface area (Å²) in [5, 5.41) is 4.12. The van der Waals surface area contributed by atoms with Crippen molar-refractivity contribution in [2.75, 3.05) is 26.4 Å². The average molecular weight is 1300 g/mol. The maximum Gasteiger partial charge on any atom is 0.303 e. The molecule has 3 heterocycles. The van der Waals surface area contributed by atoms with Crippen LogP contribution in [0.1, 0.15) is 54.2 Å². The number of hydrogen-bond donors (Lipinski definition) is 0. The average Bonchev–Trinajstić information content (AvgIpc) is 0.784. The molecule has 0 amide bonds. The van der Waals surface area contributed by atoms with Crippen molar-refractivity contribution in [3.63, 3.8) is 0 Å². The van der Waals surface area contributed by atoms with Crippen LogP contribution in [0.15, 0.2) is 187 Å². The maximum atomic E-state index is 13.2. The summed E-state index contributed by atoms with van der Waals surface area (Å²) < 4.78 is 102. The Hall–Kier alpha value is -7.22. The zero-order valence-electron chi connectivity index (χ0n) is 53.4. The Bertz CT molecular complexity index is 3230. The number of hydrogen-bond acceptors (Lipinski definition) is 19. The number of esters is 3. The molecule has 0 N–H and O–H groups in total. The fourth-order valence-electron chi connectivity index (χ4n) is 11.1. The van der Waals surface area contributed by atoms with Crippen LogP contribution in [0.25, 0.3) is 10.4 Å². The molecule has 6 aromatic rings. The predicted molar refractivity (Wildman–Crippen MR) is 343 cm³/mol. The van der Waals surface area contributed by atoms with Gasteiger partial charge in [-0.3, -0.25) is 14.4 Å². The molecule has 0 saturated carbocycles. The Morgan fingerprint density at radius 2 is 0.774 bits per heavy atom. The molecular weight excluding hydrogens is 1210 g/mol. The SMILES string of the molecule is CC(=O)OC[C@H]1O[C@H](O[C@H]2[C@@H](OCc3ccccc3)[C@@H](COCc3ccccc3)O[C@@H](O[C@H]3[C@H](OCc4ccccc4)[C@@H](OCc4ccccc4)[C@H](OCC[Si](C)(C)C)O[C@@H]3COCc3ccccc3)[C@@H]2OCc2ccccc2)[C@H](N=[N+]=[N-])[C@@H](OC(C)=O)[C@H]1OC(C)=O. The third-order valence-corrected chi connectivity index (χ3v) is 17.4. The topological polar surface area (TPSA) is 238 Å². The summed E-state index contributed by atoms with van der Waals surface area (Å²) in [5.41, 5.74) is 15.5. The van der Waals surface area contributed by atoms with Crippen molar-refractivity contribution in [1.29, 1.82) is 0 Å². The van der Waals surface area contributed by atoms with Crippen molar-refractivity contribution < 1.29 is 85.4 Å². The monoisotopic (exact) mass is 1300 g/mol. The van der Waals surface area contributed by atoms with E-state index in [1.165, 1.54) is 6.92 Å². The van der Waals surface area contributed by atoms with Gasteiger partial charge in [-0.15, -0.1) is 0 Å². The molecule has 3 saturated heterocycles. The Morgan fingerprint density at radius 1 is 0.409 bits per heavy atom. The zero-order chi connectivity index (χ0) is 65.4. The smallest absolute Gasteiger partial charge is 0.303 e. The Labute approximate surface area is 544 Å². The predicted octanol–water partition coefficient (Wildman–Crippen LogP) is 11.2. The lowest BCUT2D eigenvalue weighted by Crippen LogP contribution is -2.68. The maximum absolute atomic E-state index is 13.2. The molecule has 0 spiro atoms. The third-order valence-electron chi connectivity index (χ3n) is 15.7. The molecule has 0 bridgehead atoms. The first-order chi connectivity index (χ1) is 45.2. The highest BCUT2D eigenvalue weighted by molar-refractivity contribution is 6.76. The second-order valence-electron chi connectivity index (χ2n) is 24.2. The van der Waals surface area contributed by atoms with Crippen LogP contribution in [0.3, 0.4) is 0 Å². The van der Waals surface area contributed by atoms with Crippen LogP contribution in [0, 0.1) is 0 Å². The van der Waals surface area contributed by atoms with Crippen LogP contribution in [-0.2, 0) is 125 Å². The van der Waals surface area contributed by atoms with Gasteiger partial charge in [-0.1, -0.05) is 207 Å². The number of benzene rings is 6. The minimum atomic E-state index is -1.69. The molecule has 93 heavy (non-hydrogen) atoms. The van der Waals surface area contributed by atoms with Crippen LogP contribution in [0.5, 0.6) is 0 Å². The highest BCUT2D eigenvalue weighted by atomic mass is 28.3. The number of carbonyl (C=O) groups excluding carboxylic acids is 3. The third kappa shape index (κ3) is 21.7. The van der Waals surface area contributed by atoms with E-state index < -0.39 is 125 Å². The van der Waals surface area contributed by atoms with E-state index in [-0.39, 0.29) is 52.9 Å². The van der Waals surface area contributed by atoms with E-state index in [4.69, 9.17) is 71.1 Å². The molecule has 21 nitrogen and oxygen atoms in total. The van der Waals surface area contributed by atoms with Crippen LogP contribution in [0.2, 0.25) is 25.7 Å². The molecule has 15 atom stereocenters. The van der Waals surface area contributed by atoms with E-state index in [2.05, 4.69) is 29.7 Å². The van der Waals surface area contributed by atoms with Crippen LogP contribution in [0.4, 0.5) is 0 Å². The molecule has 22 heteroatoms. The van der Waals surface area contributed by atoms with Gasteiger partial charge < -0.3 is 71.1 Å². The summed E-state index contributed by atoms with van der Waals surface area (Å²) >= 11 is 0. The van der Waals surface area contributed by atoms with Crippen molar-refractivity contribution in [2.24, 2.45) is 5.11 Å². The molecule has 3 aliphatic heterocycles. The summed E-state index contributed by atoms with van der Waals surface area (Å²) in [7, 11) is -1.66. The number of azide groups is 1. The van der Waals surface area contributed by atoms with Gasteiger partial charge in [-0.25, -0.2) is 0 Å². The number of nitrogens with zero attached hydrogens (tertiary/aromatic N) is 3. The largest absolute Gasteiger partial charge is 0.463 e. The number of carbonyl (C=O) groups is 3. The zero-order valence-corrected chi connectivity index (χ0v) is 54.4. The minimum Gasteiger partial charge on any atom is -0.463 e. The molecule has 3 aliphatic rings. The summed E-state index contributed by atoms with van der Waals surface area (Å²) in [6.45, 7) is 10.6. The molecular formula is C71H85N3O18Si. The van der Waals surface area contributed by atoms with Crippen molar-refractivity contribution in [2.45, 2.75) is 178 Å². The lowest BCUT2D eigenvalue weighted by atomic mass is 9.94. The van der Waals surface area contributed by atoms with Crippen molar-refractivity contribution in [1.82, 2.24) is 0 Å². The highest BCUT2D eigenvalue weighted by Gasteiger charge is 2.58. The van der Waals surface area contributed by atoms with E-state index in [1.54, 1.807) is 0 Å². The standard InChI is InChI=1S/C71H85N3O18Si/c1-48(75)81-47-59-62(86-49(2)76)64(87-50(3)77)60(73-74-72)69(88-59)92-66-61(82-41-53-29-17-9-18-30-53)57(45-78-39-51-25-13-7-14-26-51)90-71(68(66)85-44-56-35-23-12-24-36-56)91-63-58(46-79-40-52-27-15-8-16-28-52)89-70(80-37-38-93(4,5)6)67(84-43-55-33-21-11-22-34-55)65(63)83-42-54-31-19-10-20-32-54/h7-36,57-71H,37-47H2,1-6H3/t57-,58-,59-,60-,61+,62+,63-,64-,65+,66+,67-,68-,69-,70-,71+/m1/s1. The van der Waals surface area contributed by atoms with Crippen molar-refractivity contribution >= 4 is 26.0 Å². The van der Waals surface area contributed by atoms with E-state index >= 15 is 0 Å². The van der Waals surface area contributed by atoms with Gasteiger partial charge >= 0.3 is 17.9 Å². The van der Waals surface area contributed by atoms with Gasteiger partial charge in [0, 0.05) is 40.4 Å². The number of ether oxygens (including phenoxy) is 15. The first-order valence-corrected chi connectivity index (χ1v) is 35.1. The van der Waals surface area contributed by atoms with Crippen molar-refractivity contribution in [3.05, 3.63) is 226 Å². The molecule has 0 aromatic heterocycles. The van der Waals surface area contributed by atoms with E-state index in [0.29, 0.717) is 6.61 Å². The highest BCUT2D eigenvalue weighted by Crippen LogP contribution is 2.40. The Morgan fingerprint density at radius 3 is 1.20 bits per heavy atom. The molecule has 6 aromatic carbocycles. The van der Waals surface area contributed by atoms with Gasteiger partial charge in [0.15, 0.2) is 31.1 Å². The van der Waals surface area contributed by atoms with Gasteiger partial charge in [-0.05, 0) is 45.0 Å². The van der Waals surface area contributed by atoms with Crippen LogP contribution < -0.4 is 0 Å². The summed E-state index contributed by atoms with van der Waals surface area (Å²) in [6, 6.07) is 57.2. The van der Waals surface area contributed by atoms with Crippen LogP contribution >= 0.6 is 0 Å². The van der Waals surface area contributed by atoms with E-state index in [1.807, 2.05) is 182 Å². The molecule has 0 aliphatic carbocycles. The van der Waals surface area contributed by atoms with Crippen molar-refractivity contribution in [3.8, 4) is 0 Å². The molecule has 0 radical (unpaired) electrons. The normalized spacial score (nSPS) is 26.3. The van der Waals surface area contributed by atoms with Gasteiger partial charge in [0.05, 0.1) is 52.9 Å². The molecule has 9 rings (SSSR count). The minimum absolute atomic E-state index is 0.0119. The van der Waals surface area contributed by atoms with Gasteiger partial charge in [0.25, 0.3) is 0 Å². The van der Waals surface area contributed by atoms with Gasteiger partial charge in [0.2, 0.25) is 0 Å². The van der Waals surface area contributed by atoms with Crippen LogP contribution in [-0.4, -0.2) is 144 Å². The quantitative estimate of drug-likeness (QED) is 0.00929. The van der Waals surface area contributed by atoms with E-state index in [9.17, 15) is 19.9 Å². The number of rotatable bonds is 33. The summed E-state index contributed by atoms with van der Waals surface area (Å²) in [6.07, 6.45) is -17.5. The fraction of sp³-hybridized carbons (Fsp3) is 0.451. The second-order valence-corrected chi connectivity index (χ2v) is 29.8. The molecule has 496 valence electrons. The lowest BCUT2D eigenvalue weighted by molar-refractivity contribution is -0.388. The fourth-order valence-corrected chi connectivity index (χ4v) is 11.8. The summed E-state index contributed by atoms with van der Waals surface area (Å²) in [4.78, 5) is 41.8. The first kappa shape index (κ1) is 70.1. The molecule has 3 fully saturated rings. The van der Waals surface area contributed by atoms with E-state index in [0.717, 1.165) is 53.3 Å². The molecule has 0 unspecified atom stereocenters. The second kappa shape index (κ2) is 35.9. The Kier molecular flexibility index (Phi) is 27.0.